The van der Waals surface area contributed by atoms with Crippen LogP contribution in [0.1, 0.15) is 49.2 Å². The van der Waals surface area contributed by atoms with Gasteiger partial charge in [-0.15, -0.1) is 0 Å². The Morgan fingerprint density at radius 3 is 2.56 bits per heavy atom. The zero-order valence-electron chi connectivity index (χ0n) is 25.0. The van der Waals surface area contributed by atoms with Gasteiger partial charge in [-0.2, -0.15) is 5.26 Å². The number of nitriles is 1. The van der Waals surface area contributed by atoms with Gasteiger partial charge in [0.15, 0.2) is 5.13 Å². The van der Waals surface area contributed by atoms with E-state index in [1.54, 1.807) is 19.1 Å². The molecule has 11 heteroatoms. The van der Waals surface area contributed by atoms with Gasteiger partial charge in [0.25, 0.3) is 5.91 Å². The number of pyridine rings is 1. The molecule has 0 saturated carbocycles. The van der Waals surface area contributed by atoms with Gasteiger partial charge in [-0.1, -0.05) is 18.3 Å². The standard InChI is InChI=1S/C32H36FN7O2S/c1-5-25-29(37(4)31-36-27(26(17-34)43-31)22-6-8-23(33)9-7-22)40-18-24(16-20(2)28(40)35-25)38-13-10-32(11-14-38)12-15-39(19-32)30(42)21(3)41/h6-9,16,18,21,41H,5,10-15,19H2,1-4H3/t21-/m0/s1. The van der Waals surface area contributed by atoms with Crippen molar-refractivity contribution in [1.82, 2.24) is 19.3 Å². The number of aliphatic hydroxyl groups is 1. The first-order valence-corrected chi connectivity index (χ1v) is 15.6. The van der Waals surface area contributed by atoms with E-state index < -0.39 is 6.10 Å². The van der Waals surface area contributed by atoms with Gasteiger partial charge in [0.2, 0.25) is 0 Å². The third kappa shape index (κ3) is 5.23. The summed E-state index contributed by atoms with van der Waals surface area (Å²) in [6.07, 6.45) is 4.89. The molecule has 3 aromatic heterocycles. The minimum atomic E-state index is -0.953. The zero-order chi connectivity index (χ0) is 30.5. The number of likely N-dealkylation sites (tertiary alicyclic amines) is 1. The number of piperidine rings is 1. The van der Waals surface area contributed by atoms with Crippen LogP contribution in [0.3, 0.4) is 0 Å². The molecule has 4 aromatic rings. The monoisotopic (exact) mass is 601 g/mol. The maximum atomic E-state index is 13.6. The van der Waals surface area contributed by atoms with Crippen molar-refractivity contribution < 1.29 is 14.3 Å². The number of anilines is 3. The van der Waals surface area contributed by atoms with Gasteiger partial charge >= 0.3 is 0 Å². The van der Waals surface area contributed by atoms with Crippen LogP contribution in [0.25, 0.3) is 16.9 Å². The Labute approximate surface area is 254 Å². The third-order valence-electron chi connectivity index (χ3n) is 9.01. The van der Waals surface area contributed by atoms with Gasteiger partial charge in [0.1, 0.15) is 40.0 Å². The van der Waals surface area contributed by atoms with Crippen LogP contribution in [0, 0.1) is 29.5 Å². The van der Waals surface area contributed by atoms with E-state index in [2.05, 4.69) is 41.5 Å². The predicted octanol–water partition coefficient (Wildman–Crippen LogP) is 5.31. The lowest BCUT2D eigenvalue weighted by molar-refractivity contribution is -0.138. The quantitative estimate of drug-likeness (QED) is 0.320. The molecule has 1 N–H and O–H groups in total. The first kappa shape index (κ1) is 29.1. The van der Waals surface area contributed by atoms with Gasteiger partial charge in [0.05, 0.1) is 11.4 Å². The van der Waals surface area contributed by atoms with E-state index in [0.29, 0.717) is 27.8 Å². The average molecular weight is 602 g/mol. The third-order valence-corrected chi connectivity index (χ3v) is 10.0. The summed E-state index contributed by atoms with van der Waals surface area (Å²) in [6.45, 7) is 8.92. The average Bonchev–Trinajstić information content (AvgIpc) is 3.73. The van der Waals surface area contributed by atoms with E-state index in [4.69, 9.17) is 9.97 Å². The number of aliphatic hydroxyl groups excluding tert-OH is 1. The minimum Gasteiger partial charge on any atom is -0.384 e. The maximum Gasteiger partial charge on any atom is 0.251 e. The fraction of sp³-hybridized carbons (Fsp3) is 0.438. The highest BCUT2D eigenvalue weighted by Gasteiger charge is 2.42. The zero-order valence-corrected chi connectivity index (χ0v) is 25.8. The first-order chi connectivity index (χ1) is 20.6. The number of hydrogen-bond acceptors (Lipinski definition) is 8. The van der Waals surface area contributed by atoms with Gasteiger partial charge < -0.3 is 19.8 Å². The molecule has 0 bridgehead atoms. The van der Waals surface area contributed by atoms with E-state index in [0.717, 1.165) is 73.7 Å². The Hall–Kier alpha value is -4.01. The van der Waals surface area contributed by atoms with Crippen LogP contribution < -0.4 is 9.80 Å². The molecule has 2 fully saturated rings. The number of rotatable bonds is 6. The molecule has 9 nitrogen and oxygen atoms in total. The van der Waals surface area contributed by atoms with Crippen LogP contribution in [0.5, 0.6) is 0 Å². The van der Waals surface area contributed by atoms with Crippen molar-refractivity contribution in [2.45, 2.75) is 52.6 Å². The number of aryl methyl sites for hydroxylation is 2. The van der Waals surface area contributed by atoms with Gasteiger partial charge in [0, 0.05) is 45.0 Å². The highest BCUT2D eigenvalue weighted by atomic mass is 32.1. The van der Waals surface area contributed by atoms with Gasteiger partial charge in [-0.25, -0.2) is 14.4 Å². The van der Waals surface area contributed by atoms with Crippen molar-refractivity contribution in [1.29, 1.82) is 5.26 Å². The van der Waals surface area contributed by atoms with Crippen molar-refractivity contribution >= 4 is 39.5 Å². The van der Waals surface area contributed by atoms with Crippen molar-refractivity contribution in [3.63, 3.8) is 0 Å². The summed E-state index contributed by atoms with van der Waals surface area (Å²) in [4.78, 5) is 28.9. The van der Waals surface area contributed by atoms with Crippen molar-refractivity contribution in [3.8, 4) is 17.3 Å². The molecular weight excluding hydrogens is 565 g/mol. The molecular formula is C32H36FN7O2S. The van der Waals surface area contributed by atoms with Crippen LogP contribution >= 0.6 is 11.3 Å². The van der Waals surface area contributed by atoms with E-state index in [-0.39, 0.29) is 17.1 Å². The maximum absolute atomic E-state index is 13.6. The minimum absolute atomic E-state index is 0.113. The Balaban J connectivity index is 1.30. The van der Waals surface area contributed by atoms with E-state index >= 15 is 0 Å². The molecule has 1 amide bonds. The molecule has 1 aromatic carbocycles. The van der Waals surface area contributed by atoms with Crippen molar-refractivity contribution in [2.24, 2.45) is 5.41 Å². The Morgan fingerprint density at radius 1 is 1.21 bits per heavy atom. The Kier molecular flexibility index (Phi) is 7.60. The summed E-state index contributed by atoms with van der Waals surface area (Å²) in [5.74, 6) is 0.401. The van der Waals surface area contributed by atoms with Crippen LogP contribution in [-0.4, -0.2) is 69.6 Å². The summed E-state index contributed by atoms with van der Waals surface area (Å²) >= 11 is 1.31. The molecule has 2 aliphatic heterocycles. The normalized spacial score (nSPS) is 17.0. The van der Waals surface area contributed by atoms with Gasteiger partial charge in [-0.3, -0.25) is 9.20 Å². The lowest BCUT2D eigenvalue weighted by Gasteiger charge is -2.40. The molecule has 1 spiro atoms. The van der Waals surface area contributed by atoms with E-state index in [9.17, 15) is 19.6 Å². The molecule has 224 valence electrons. The molecule has 2 aliphatic rings. The number of halogens is 1. The number of nitrogens with zero attached hydrogens (tertiary/aromatic N) is 7. The summed E-state index contributed by atoms with van der Waals surface area (Å²) in [7, 11) is 1.95. The number of fused-ring (bicyclic) bond motifs is 1. The fourth-order valence-electron chi connectivity index (χ4n) is 6.55. The Morgan fingerprint density at radius 2 is 1.91 bits per heavy atom. The molecule has 43 heavy (non-hydrogen) atoms. The Bertz CT molecular complexity index is 1710. The lowest BCUT2D eigenvalue weighted by Crippen LogP contribution is -2.43. The lowest BCUT2D eigenvalue weighted by atomic mass is 9.77. The van der Waals surface area contributed by atoms with Crippen molar-refractivity contribution in [2.75, 3.05) is 43.0 Å². The first-order valence-electron chi connectivity index (χ1n) is 14.8. The largest absolute Gasteiger partial charge is 0.384 e. The number of carbonyl (C=O) groups is 1. The highest BCUT2D eigenvalue weighted by Crippen LogP contribution is 2.42. The van der Waals surface area contributed by atoms with Crippen molar-refractivity contribution in [3.05, 3.63) is 58.5 Å². The summed E-state index contributed by atoms with van der Waals surface area (Å²) in [5, 5.41) is 20.3. The number of carbonyl (C=O) groups excluding carboxylic acids is 1. The fourth-order valence-corrected chi connectivity index (χ4v) is 7.40. The van der Waals surface area contributed by atoms with Gasteiger partial charge in [-0.05, 0) is 80.8 Å². The molecule has 0 unspecified atom stereocenters. The van der Waals surface area contributed by atoms with Crippen LogP contribution in [0.15, 0.2) is 36.5 Å². The summed E-state index contributed by atoms with van der Waals surface area (Å²) in [5.41, 5.74) is 5.37. The molecule has 0 radical (unpaired) electrons. The second kappa shape index (κ2) is 11.2. The number of benzene rings is 1. The van der Waals surface area contributed by atoms with Crippen LogP contribution in [-0.2, 0) is 11.2 Å². The smallest absolute Gasteiger partial charge is 0.251 e. The number of imidazole rings is 1. The topological polar surface area (TPSA) is 101 Å². The predicted molar refractivity (Wildman–Crippen MR) is 166 cm³/mol. The number of thiazole rings is 1. The van der Waals surface area contributed by atoms with Crippen LogP contribution in [0.2, 0.25) is 0 Å². The van der Waals surface area contributed by atoms with E-state index in [1.807, 2.05) is 16.8 Å². The molecule has 0 aliphatic carbocycles. The number of amides is 1. The molecule has 5 heterocycles. The summed E-state index contributed by atoms with van der Waals surface area (Å²) in [6, 6.07) is 10.5. The second-order valence-corrected chi connectivity index (χ2v) is 12.8. The van der Waals surface area contributed by atoms with E-state index in [1.165, 1.54) is 23.5 Å². The molecule has 2 saturated heterocycles. The second-order valence-electron chi connectivity index (χ2n) is 11.8. The molecule has 1 atom stereocenters. The number of hydrogen-bond donors (Lipinski definition) is 1. The summed E-state index contributed by atoms with van der Waals surface area (Å²) < 4.78 is 15.7. The number of aromatic nitrogens is 3. The SMILES string of the molecule is CCc1nc2c(C)cc(N3CCC4(CCN(C(=O)[C@H](C)O)C4)CC3)cn2c1N(C)c1nc(-c2ccc(F)cc2)c(C#N)s1. The molecule has 6 rings (SSSR count). The highest BCUT2D eigenvalue weighted by molar-refractivity contribution is 7.16. The van der Waals surface area contributed by atoms with Crippen LogP contribution in [0.4, 0.5) is 21.0 Å².